The van der Waals surface area contributed by atoms with E-state index in [1.165, 1.54) is 0 Å². The van der Waals surface area contributed by atoms with E-state index in [0.717, 1.165) is 69.0 Å². The van der Waals surface area contributed by atoms with Crippen LogP contribution in [0.1, 0.15) is 49.9 Å². The van der Waals surface area contributed by atoms with Crippen LogP contribution in [0.25, 0.3) is 0 Å². The number of aryl methyl sites for hydroxylation is 1. The summed E-state index contributed by atoms with van der Waals surface area (Å²) in [5.74, 6) is 1.79. The highest BCUT2D eigenvalue weighted by atomic mass is 16.5. The standard InChI is InChI=1S/C22H29N5O2.CH2O2/c1-16-20(6-3-9-23-16)29-22-21(24-10-11-25-22)18-5-4-12-27(15-18)19-7-13-26(14-8-19)17(2)28;2-1-3/h3,6,9-11,18-19H,4-5,7-8,12-15H2,1-2H3;1H,(H,2,3). The lowest BCUT2D eigenvalue weighted by Crippen LogP contribution is -2.49. The number of carbonyl (C=O) groups is 2. The number of piperidine rings is 2. The molecule has 0 saturated carbocycles. The lowest BCUT2D eigenvalue weighted by Gasteiger charge is -2.42. The zero-order valence-corrected chi connectivity index (χ0v) is 18.7. The highest BCUT2D eigenvalue weighted by Gasteiger charge is 2.32. The van der Waals surface area contributed by atoms with Crippen LogP contribution in [-0.4, -0.2) is 74.5 Å². The summed E-state index contributed by atoms with van der Waals surface area (Å²) >= 11 is 0. The number of likely N-dealkylation sites (tertiary alicyclic amines) is 2. The van der Waals surface area contributed by atoms with Gasteiger partial charge in [-0.1, -0.05) is 0 Å². The van der Waals surface area contributed by atoms with Crippen LogP contribution in [-0.2, 0) is 9.59 Å². The molecule has 0 bridgehead atoms. The minimum absolute atomic E-state index is 0.187. The van der Waals surface area contributed by atoms with Gasteiger partial charge in [0.2, 0.25) is 11.8 Å². The predicted octanol–water partition coefficient (Wildman–Crippen LogP) is 2.86. The topological polar surface area (TPSA) is 109 Å². The molecule has 172 valence electrons. The number of amides is 1. The SMILES string of the molecule is CC(=O)N1CCC(N2CCCC(c3nccnc3Oc3cccnc3C)C2)CC1.O=CO. The third kappa shape index (κ3) is 6.00. The summed E-state index contributed by atoms with van der Waals surface area (Å²) in [6, 6.07) is 4.32. The maximum atomic E-state index is 11.6. The zero-order valence-electron chi connectivity index (χ0n) is 18.7. The second-order valence-electron chi connectivity index (χ2n) is 8.11. The Balaban J connectivity index is 0.000000913. The molecule has 2 saturated heterocycles. The fourth-order valence-corrected chi connectivity index (χ4v) is 4.48. The van der Waals surface area contributed by atoms with Crippen molar-refractivity contribution in [1.29, 1.82) is 0 Å². The first-order chi connectivity index (χ1) is 15.5. The Morgan fingerprint density at radius 2 is 1.84 bits per heavy atom. The summed E-state index contributed by atoms with van der Waals surface area (Å²) in [6.45, 7) is 7.14. The second kappa shape index (κ2) is 11.5. The van der Waals surface area contributed by atoms with Gasteiger partial charge in [0, 0.05) is 57.1 Å². The van der Waals surface area contributed by atoms with Crippen molar-refractivity contribution in [3.63, 3.8) is 0 Å². The number of rotatable bonds is 4. The van der Waals surface area contributed by atoms with Crippen molar-refractivity contribution in [2.45, 2.75) is 51.5 Å². The van der Waals surface area contributed by atoms with Gasteiger partial charge in [-0.3, -0.25) is 24.5 Å². The van der Waals surface area contributed by atoms with Gasteiger partial charge in [0.25, 0.3) is 6.47 Å². The predicted molar refractivity (Wildman–Crippen MR) is 119 cm³/mol. The molecular formula is C23H31N5O4. The molecule has 2 aromatic rings. The van der Waals surface area contributed by atoms with Crippen molar-refractivity contribution in [3.8, 4) is 11.6 Å². The van der Waals surface area contributed by atoms with Gasteiger partial charge in [-0.2, -0.15) is 0 Å². The van der Waals surface area contributed by atoms with E-state index in [2.05, 4.69) is 19.9 Å². The monoisotopic (exact) mass is 441 g/mol. The average Bonchev–Trinajstić information content (AvgIpc) is 2.82. The Morgan fingerprint density at radius 3 is 2.53 bits per heavy atom. The molecule has 1 atom stereocenters. The van der Waals surface area contributed by atoms with Gasteiger partial charge in [0.05, 0.1) is 5.69 Å². The van der Waals surface area contributed by atoms with E-state index in [9.17, 15) is 4.79 Å². The third-order valence-electron chi connectivity index (χ3n) is 6.12. The van der Waals surface area contributed by atoms with Gasteiger partial charge in [-0.15, -0.1) is 0 Å². The Morgan fingerprint density at radius 1 is 1.12 bits per heavy atom. The Kier molecular flexibility index (Phi) is 8.49. The highest BCUT2D eigenvalue weighted by Crippen LogP contribution is 2.34. The van der Waals surface area contributed by atoms with Crippen LogP contribution in [0.4, 0.5) is 0 Å². The first-order valence-corrected chi connectivity index (χ1v) is 11.0. The largest absolute Gasteiger partial charge is 0.483 e. The molecule has 0 spiro atoms. The molecule has 9 heteroatoms. The van der Waals surface area contributed by atoms with Crippen molar-refractivity contribution in [3.05, 3.63) is 42.1 Å². The molecule has 2 aromatic heterocycles. The quantitative estimate of drug-likeness (QED) is 0.722. The molecule has 2 aliphatic rings. The molecule has 0 aliphatic carbocycles. The molecule has 0 aromatic carbocycles. The zero-order chi connectivity index (χ0) is 22.9. The Labute approximate surface area is 188 Å². The molecule has 4 rings (SSSR count). The van der Waals surface area contributed by atoms with Crippen LogP contribution in [0.5, 0.6) is 11.6 Å². The van der Waals surface area contributed by atoms with Gasteiger partial charge in [-0.25, -0.2) is 4.98 Å². The number of carbonyl (C=O) groups excluding carboxylic acids is 1. The summed E-state index contributed by atoms with van der Waals surface area (Å²) in [6.07, 6.45) is 9.51. The molecule has 1 unspecified atom stereocenters. The molecule has 2 fully saturated rings. The lowest BCUT2D eigenvalue weighted by molar-refractivity contribution is -0.130. The van der Waals surface area contributed by atoms with Crippen LogP contribution in [0.2, 0.25) is 0 Å². The van der Waals surface area contributed by atoms with E-state index in [1.807, 2.05) is 24.0 Å². The minimum Gasteiger partial charge on any atom is -0.483 e. The van der Waals surface area contributed by atoms with Gasteiger partial charge in [0.15, 0.2) is 5.75 Å². The molecule has 32 heavy (non-hydrogen) atoms. The van der Waals surface area contributed by atoms with Crippen molar-refractivity contribution < 1.29 is 19.4 Å². The number of aromatic nitrogens is 3. The van der Waals surface area contributed by atoms with Gasteiger partial charge in [0.1, 0.15) is 5.69 Å². The van der Waals surface area contributed by atoms with E-state index in [1.54, 1.807) is 25.5 Å². The number of hydrogen-bond acceptors (Lipinski definition) is 7. The van der Waals surface area contributed by atoms with Crippen molar-refractivity contribution in [2.75, 3.05) is 26.2 Å². The van der Waals surface area contributed by atoms with Crippen molar-refractivity contribution in [2.24, 2.45) is 0 Å². The van der Waals surface area contributed by atoms with E-state index in [0.29, 0.717) is 17.8 Å². The number of nitrogens with zero attached hydrogens (tertiary/aromatic N) is 5. The third-order valence-corrected chi connectivity index (χ3v) is 6.12. The second-order valence-corrected chi connectivity index (χ2v) is 8.11. The summed E-state index contributed by atoms with van der Waals surface area (Å²) < 4.78 is 6.12. The maximum absolute atomic E-state index is 11.6. The fourth-order valence-electron chi connectivity index (χ4n) is 4.48. The number of ether oxygens (including phenoxy) is 1. The van der Waals surface area contributed by atoms with E-state index < -0.39 is 0 Å². The van der Waals surface area contributed by atoms with Crippen LogP contribution in [0.3, 0.4) is 0 Å². The normalized spacial score (nSPS) is 19.6. The number of hydrogen-bond donors (Lipinski definition) is 1. The summed E-state index contributed by atoms with van der Waals surface area (Å²) in [7, 11) is 0. The van der Waals surface area contributed by atoms with Gasteiger partial charge < -0.3 is 14.7 Å². The summed E-state index contributed by atoms with van der Waals surface area (Å²) in [4.78, 5) is 38.0. The summed E-state index contributed by atoms with van der Waals surface area (Å²) in [5, 5.41) is 6.89. The molecule has 2 aliphatic heterocycles. The van der Waals surface area contributed by atoms with Crippen LogP contribution < -0.4 is 4.74 Å². The first-order valence-electron chi connectivity index (χ1n) is 11.0. The van der Waals surface area contributed by atoms with Gasteiger partial charge in [-0.05, 0) is 51.3 Å². The van der Waals surface area contributed by atoms with Crippen LogP contribution in [0, 0.1) is 6.92 Å². The molecule has 1 amide bonds. The first kappa shape index (κ1) is 23.6. The van der Waals surface area contributed by atoms with E-state index in [4.69, 9.17) is 14.6 Å². The minimum atomic E-state index is -0.250. The van der Waals surface area contributed by atoms with Crippen LogP contribution in [0.15, 0.2) is 30.7 Å². The summed E-state index contributed by atoms with van der Waals surface area (Å²) in [5.41, 5.74) is 1.77. The Hall–Kier alpha value is -3.07. The van der Waals surface area contributed by atoms with E-state index >= 15 is 0 Å². The average molecular weight is 442 g/mol. The molecule has 1 N–H and O–H groups in total. The van der Waals surface area contributed by atoms with Crippen molar-refractivity contribution in [1.82, 2.24) is 24.8 Å². The van der Waals surface area contributed by atoms with Crippen LogP contribution >= 0.6 is 0 Å². The number of pyridine rings is 1. The van der Waals surface area contributed by atoms with E-state index in [-0.39, 0.29) is 12.4 Å². The highest BCUT2D eigenvalue weighted by molar-refractivity contribution is 5.73. The molecule has 0 radical (unpaired) electrons. The molecule has 9 nitrogen and oxygen atoms in total. The lowest BCUT2D eigenvalue weighted by atomic mass is 9.91. The number of carboxylic acid groups (broad SMARTS) is 1. The molecular weight excluding hydrogens is 410 g/mol. The fraction of sp³-hybridized carbons (Fsp3) is 0.522. The maximum Gasteiger partial charge on any atom is 0.290 e. The Bertz CT molecular complexity index is 901. The van der Waals surface area contributed by atoms with Gasteiger partial charge >= 0.3 is 0 Å². The molecule has 4 heterocycles. The van der Waals surface area contributed by atoms with Crippen molar-refractivity contribution >= 4 is 12.4 Å². The smallest absolute Gasteiger partial charge is 0.290 e.